The van der Waals surface area contributed by atoms with E-state index in [-0.39, 0.29) is 5.78 Å². The van der Waals surface area contributed by atoms with Crippen LogP contribution in [0.2, 0.25) is 0 Å². The molecule has 0 bridgehead atoms. The molecule has 8 heteroatoms. The van der Waals surface area contributed by atoms with Crippen molar-refractivity contribution in [3.05, 3.63) is 47.5 Å². The number of hydrogen-bond donors (Lipinski definition) is 2. The first-order chi connectivity index (χ1) is 11.3. The van der Waals surface area contributed by atoms with Crippen molar-refractivity contribution in [2.24, 2.45) is 7.05 Å². The quantitative estimate of drug-likeness (QED) is 0.720. The van der Waals surface area contributed by atoms with Gasteiger partial charge in [0.1, 0.15) is 5.69 Å². The van der Waals surface area contributed by atoms with Crippen LogP contribution in [0, 0.1) is 0 Å². The van der Waals surface area contributed by atoms with Crippen LogP contribution in [0.3, 0.4) is 0 Å². The van der Waals surface area contributed by atoms with E-state index >= 15 is 0 Å². The molecule has 0 aliphatic carbocycles. The van der Waals surface area contributed by atoms with Crippen LogP contribution in [0.1, 0.15) is 40.0 Å². The zero-order chi connectivity index (χ0) is 17.4. The van der Waals surface area contributed by atoms with Gasteiger partial charge in [0.2, 0.25) is 0 Å². The third-order valence-electron chi connectivity index (χ3n) is 3.61. The number of ketones is 1. The number of anilines is 1. The Morgan fingerprint density at radius 2 is 2.04 bits per heavy atom. The maximum Gasteiger partial charge on any atom is 0.295 e. The summed E-state index contributed by atoms with van der Waals surface area (Å²) in [5.74, 6) is -0.956. The van der Waals surface area contributed by atoms with Crippen LogP contribution in [-0.2, 0) is 7.05 Å². The summed E-state index contributed by atoms with van der Waals surface area (Å²) in [6.45, 7) is 1.42. The first-order valence-electron chi connectivity index (χ1n) is 7.11. The van der Waals surface area contributed by atoms with Crippen molar-refractivity contribution in [1.82, 2.24) is 14.5 Å². The number of fused-ring (bicyclic) bond motifs is 1. The first-order valence-corrected chi connectivity index (χ1v) is 7.11. The van der Waals surface area contributed by atoms with E-state index in [9.17, 15) is 18.4 Å². The molecule has 2 heterocycles. The summed E-state index contributed by atoms with van der Waals surface area (Å²) >= 11 is 0. The molecular weight excluding hydrogens is 318 g/mol. The Balaban J connectivity index is 1.86. The number of halogens is 2. The number of H-pyrrole nitrogens is 1. The lowest BCUT2D eigenvalue weighted by Crippen LogP contribution is -2.15. The van der Waals surface area contributed by atoms with Crippen LogP contribution in [0.25, 0.3) is 11.0 Å². The van der Waals surface area contributed by atoms with Gasteiger partial charge in [0.25, 0.3) is 12.3 Å². The fourth-order valence-electron chi connectivity index (χ4n) is 2.39. The predicted octanol–water partition coefficient (Wildman–Crippen LogP) is 3.29. The van der Waals surface area contributed by atoms with Crippen LogP contribution in [-0.4, -0.2) is 26.2 Å². The summed E-state index contributed by atoms with van der Waals surface area (Å²) in [6.07, 6.45) is -1.12. The number of aryl methyl sites for hydroxylation is 1. The summed E-state index contributed by atoms with van der Waals surface area (Å²) in [5, 5.41) is 2.68. The number of hydrogen-bond acceptors (Lipinski definition) is 3. The molecule has 3 aromatic rings. The molecule has 0 aliphatic heterocycles. The predicted molar refractivity (Wildman–Crippen MR) is 84.4 cm³/mol. The average Bonchev–Trinajstić information content (AvgIpc) is 3.10. The number of imidazole rings is 1. The van der Waals surface area contributed by atoms with E-state index in [0.29, 0.717) is 28.0 Å². The van der Waals surface area contributed by atoms with Crippen molar-refractivity contribution in [1.29, 1.82) is 0 Å². The molecule has 24 heavy (non-hydrogen) atoms. The minimum Gasteiger partial charge on any atom is -0.346 e. The fourth-order valence-corrected chi connectivity index (χ4v) is 2.39. The van der Waals surface area contributed by atoms with Gasteiger partial charge in [-0.1, -0.05) is 0 Å². The third kappa shape index (κ3) is 2.90. The van der Waals surface area contributed by atoms with Crippen LogP contribution in [0.15, 0.2) is 30.5 Å². The van der Waals surface area contributed by atoms with Crippen molar-refractivity contribution in [3.8, 4) is 0 Å². The highest BCUT2D eigenvalue weighted by Crippen LogP contribution is 2.22. The van der Waals surface area contributed by atoms with Crippen molar-refractivity contribution in [2.45, 2.75) is 13.3 Å². The van der Waals surface area contributed by atoms with Gasteiger partial charge in [0.15, 0.2) is 11.6 Å². The minimum absolute atomic E-state index is 0.136. The molecule has 0 unspecified atom stereocenters. The van der Waals surface area contributed by atoms with Crippen molar-refractivity contribution in [2.75, 3.05) is 5.32 Å². The van der Waals surface area contributed by atoms with Crippen molar-refractivity contribution >= 4 is 28.4 Å². The molecule has 0 spiro atoms. The number of aromatic nitrogens is 3. The van der Waals surface area contributed by atoms with Gasteiger partial charge in [-0.25, -0.2) is 13.8 Å². The number of aromatic amines is 1. The van der Waals surface area contributed by atoms with Gasteiger partial charge in [-0.05, 0) is 31.2 Å². The number of nitrogens with zero attached hydrogens (tertiary/aromatic N) is 2. The van der Waals surface area contributed by atoms with E-state index in [1.165, 1.54) is 19.1 Å². The Bertz CT molecular complexity index is 943. The lowest BCUT2D eigenvalue weighted by atomic mass is 10.2. The van der Waals surface area contributed by atoms with Crippen LogP contribution in [0.5, 0.6) is 0 Å². The van der Waals surface area contributed by atoms with Gasteiger partial charge in [-0.15, -0.1) is 0 Å². The Morgan fingerprint density at radius 3 is 2.67 bits per heavy atom. The molecule has 0 saturated heterocycles. The molecule has 0 radical (unpaired) electrons. The second-order valence-corrected chi connectivity index (χ2v) is 5.39. The lowest BCUT2D eigenvalue weighted by Gasteiger charge is -2.05. The molecule has 2 aromatic heterocycles. The van der Waals surface area contributed by atoms with Crippen LogP contribution < -0.4 is 5.32 Å². The number of alkyl halides is 2. The zero-order valence-electron chi connectivity index (χ0n) is 12.9. The van der Waals surface area contributed by atoms with E-state index in [2.05, 4.69) is 15.3 Å². The Morgan fingerprint density at radius 1 is 1.29 bits per heavy atom. The highest BCUT2D eigenvalue weighted by atomic mass is 19.3. The molecule has 0 saturated carbocycles. The van der Waals surface area contributed by atoms with E-state index in [0.717, 1.165) is 0 Å². The monoisotopic (exact) mass is 332 g/mol. The van der Waals surface area contributed by atoms with Crippen LogP contribution >= 0.6 is 0 Å². The van der Waals surface area contributed by atoms with E-state index in [1.807, 2.05) is 0 Å². The van der Waals surface area contributed by atoms with Crippen molar-refractivity contribution in [3.63, 3.8) is 0 Å². The standard InChI is InChI=1S/C16H14F2N4O2/c1-8(23)9-5-13(22(2)7-9)16(24)19-10-3-4-11-12(6-10)21-15(20-11)14(17)18/h3-7,14H,1-2H3,(H,19,24)(H,20,21). The Labute approximate surface area is 135 Å². The molecule has 2 N–H and O–H groups in total. The summed E-state index contributed by atoms with van der Waals surface area (Å²) in [5.41, 5.74) is 1.98. The number of rotatable bonds is 4. The Kier molecular flexibility index (Phi) is 3.88. The second kappa shape index (κ2) is 5.88. The van der Waals surface area contributed by atoms with Gasteiger partial charge >= 0.3 is 0 Å². The summed E-state index contributed by atoms with van der Waals surface area (Å²) in [7, 11) is 1.66. The maximum absolute atomic E-state index is 12.7. The molecule has 0 aliphatic rings. The number of amides is 1. The third-order valence-corrected chi connectivity index (χ3v) is 3.61. The minimum atomic E-state index is -2.69. The van der Waals surface area contributed by atoms with Crippen molar-refractivity contribution < 1.29 is 18.4 Å². The fraction of sp³-hybridized carbons (Fsp3) is 0.188. The SMILES string of the molecule is CC(=O)c1cc(C(=O)Nc2ccc3nc(C(F)F)[nH]c3c2)n(C)c1. The van der Waals surface area contributed by atoms with Gasteiger partial charge in [-0.2, -0.15) is 0 Å². The molecule has 0 fully saturated rings. The van der Waals surface area contributed by atoms with Crippen LogP contribution in [0.4, 0.5) is 14.5 Å². The number of Topliss-reactive ketones (excluding diaryl/α,β-unsaturated/α-hetero) is 1. The first kappa shape index (κ1) is 15.9. The van der Waals surface area contributed by atoms with Gasteiger partial charge < -0.3 is 14.9 Å². The molecular formula is C16H14F2N4O2. The smallest absolute Gasteiger partial charge is 0.295 e. The summed E-state index contributed by atoms with van der Waals surface area (Å²) < 4.78 is 26.9. The normalized spacial score (nSPS) is 11.2. The van der Waals surface area contributed by atoms with E-state index < -0.39 is 18.2 Å². The largest absolute Gasteiger partial charge is 0.346 e. The zero-order valence-corrected chi connectivity index (χ0v) is 12.9. The molecule has 3 rings (SSSR count). The summed E-state index contributed by atoms with van der Waals surface area (Å²) in [4.78, 5) is 30.0. The topological polar surface area (TPSA) is 79.8 Å². The van der Waals surface area contributed by atoms with Gasteiger partial charge in [0.05, 0.1) is 11.0 Å². The summed E-state index contributed by atoms with van der Waals surface area (Å²) in [6, 6.07) is 6.15. The number of nitrogens with one attached hydrogen (secondary N) is 2. The van der Waals surface area contributed by atoms with Gasteiger partial charge in [-0.3, -0.25) is 9.59 Å². The highest BCUT2D eigenvalue weighted by Gasteiger charge is 2.16. The van der Waals surface area contributed by atoms with Gasteiger partial charge in [0, 0.05) is 24.5 Å². The number of benzene rings is 1. The molecule has 6 nitrogen and oxygen atoms in total. The molecule has 0 atom stereocenters. The highest BCUT2D eigenvalue weighted by molar-refractivity contribution is 6.06. The number of carbonyl (C=O) groups excluding carboxylic acids is 2. The maximum atomic E-state index is 12.7. The molecule has 1 aromatic carbocycles. The molecule has 1 amide bonds. The lowest BCUT2D eigenvalue weighted by molar-refractivity contribution is 0.101. The Hall–Kier alpha value is -3.03. The number of carbonyl (C=O) groups is 2. The van der Waals surface area contributed by atoms with E-state index in [1.54, 1.807) is 29.9 Å². The average molecular weight is 332 g/mol. The second-order valence-electron chi connectivity index (χ2n) is 5.39. The van der Waals surface area contributed by atoms with E-state index in [4.69, 9.17) is 0 Å². The molecule has 124 valence electrons.